The summed E-state index contributed by atoms with van der Waals surface area (Å²) in [5, 5.41) is 9.28. The maximum Gasteiger partial charge on any atom is 0.339 e. The van der Waals surface area contributed by atoms with Gasteiger partial charge in [-0.2, -0.15) is 0 Å². The van der Waals surface area contributed by atoms with Crippen LogP contribution in [0.2, 0.25) is 0 Å². The van der Waals surface area contributed by atoms with Crippen LogP contribution in [0.5, 0.6) is 0 Å². The summed E-state index contributed by atoms with van der Waals surface area (Å²) in [4.78, 5) is 17.2. The minimum Gasteiger partial charge on any atom is -0.478 e. The van der Waals surface area contributed by atoms with E-state index in [2.05, 4.69) is 11.1 Å². The smallest absolute Gasteiger partial charge is 0.339 e. The molecule has 21 heavy (non-hydrogen) atoms. The van der Waals surface area contributed by atoms with E-state index in [4.69, 9.17) is 0 Å². The fourth-order valence-corrected chi connectivity index (χ4v) is 2.75. The highest BCUT2D eigenvalue weighted by Gasteiger charge is 2.24. The maximum atomic E-state index is 13.3. The van der Waals surface area contributed by atoms with E-state index in [9.17, 15) is 14.3 Å². The van der Waals surface area contributed by atoms with Gasteiger partial charge < -0.3 is 10.0 Å². The zero-order valence-electron chi connectivity index (χ0n) is 11.6. The Balaban J connectivity index is 2.13. The predicted molar refractivity (Wildman–Crippen MR) is 77.7 cm³/mol. The summed E-state index contributed by atoms with van der Waals surface area (Å²) in [5.41, 5.74) is 3.18. The lowest BCUT2D eigenvalue weighted by Crippen LogP contribution is -2.27. The van der Waals surface area contributed by atoms with Crippen LogP contribution >= 0.6 is 0 Å². The van der Waals surface area contributed by atoms with Gasteiger partial charge in [0.25, 0.3) is 0 Å². The third-order valence-corrected chi connectivity index (χ3v) is 3.67. The van der Waals surface area contributed by atoms with Gasteiger partial charge in [-0.15, -0.1) is 0 Å². The van der Waals surface area contributed by atoms with E-state index in [0.717, 1.165) is 30.8 Å². The van der Waals surface area contributed by atoms with Crippen LogP contribution in [0.15, 0.2) is 30.5 Å². The fraction of sp³-hybridized carbons (Fsp3) is 0.250. The highest BCUT2D eigenvalue weighted by Crippen LogP contribution is 2.34. The van der Waals surface area contributed by atoms with Gasteiger partial charge in [-0.1, -0.05) is 17.7 Å². The second-order valence-corrected chi connectivity index (χ2v) is 5.22. The Bertz CT molecular complexity index is 715. The largest absolute Gasteiger partial charge is 0.478 e. The SMILES string of the molecule is Cc1ccc2c(c1)CCCN2c1ncc(F)cc1C(=O)O. The first-order valence-corrected chi connectivity index (χ1v) is 6.82. The number of carboxylic acids is 1. The second kappa shape index (κ2) is 5.16. The molecule has 1 aliphatic heterocycles. The molecule has 2 heterocycles. The molecule has 2 aromatic rings. The molecule has 0 unspecified atom stereocenters. The zero-order chi connectivity index (χ0) is 15.0. The standard InChI is InChI=1S/C16H15FN2O2/c1-10-4-5-14-11(7-10)3-2-6-19(14)15-13(16(20)21)8-12(17)9-18-15/h4-5,7-9H,2-3,6H2,1H3,(H,20,21). The van der Waals surface area contributed by atoms with Crippen molar-refractivity contribution in [3.63, 3.8) is 0 Å². The Kier molecular flexibility index (Phi) is 3.33. The lowest BCUT2D eigenvalue weighted by atomic mass is 9.99. The van der Waals surface area contributed by atoms with E-state index in [1.165, 1.54) is 11.1 Å². The average Bonchev–Trinajstić information content (AvgIpc) is 2.46. The summed E-state index contributed by atoms with van der Waals surface area (Å²) in [7, 11) is 0. The molecule has 1 aromatic heterocycles. The average molecular weight is 286 g/mol. The van der Waals surface area contributed by atoms with E-state index in [1.54, 1.807) is 0 Å². The third kappa shape index (κ3) is 2.46. The predicted octanol–water partition coefficient (Wildman–Crippen LogP) is 3.31. The molecule has 0 fully saturated rings. The Labute approximate surface area is 121 Å². The van der Waals surface area contributed by atoms with Crippen molar-refractivity contribution >= 4 is 17.5 Å². The minimum absolute atomic E-state index is 0.108. The third-order valence-electron chi connectivity index (χ3n) is 3.67. The summed E-state index contributed by atoms with van der Waals surface area (Å²) >= 11 is 0. The summed E-state index contributed by atoms with van der Waals surface area (Å²) in [5.74, 6) is -1.51. The highest BCUT2D eigenvalue weighted by molar-refractivity contribution is 5.94. The number of carbonyl (C=O) groups is 1. The molecule has 0 radical (unpaired) electrons. The topological polar surface area (TPSA) is 53.4 Å². The minimum atomic E-state index is -1.17. The van der Waals surface area contributed by atoms with E-state index in [0.29, 0.717) is 12.4 Å². The number of benzene rings is 1. The molecule has 0 spiro atoms. The summed E-state index contributed by atoms with van der Waals surface area (Å²) in [6, 6.07) is 7.08. The van der Waals surface area contributed by atoms with Crippen molar-refractivity contribution in [1.29, 1.82) is 0 Å². The number of aryl methyl sites for hydroxylation is 2. The van der Waals surface area contributed by atoms with Crippen molar-refractivity contribution in [3.8, 4) is 0 Å². The van der Waals surface area contributed by atoms with Gasteiger partial charge in [0.05, 0.1) is 6.20 Å². The van der Waals surface area contributed by atoms with Crippen LogP contribution in [0.4, 0.5) is 15.9 Å². The van der Waals surface area contributed by atoms with Crippen molar-refractivity contribution < 1.29 is 14.3 Å². The molecular formula is C16H15FN2O2. The van der Waals surface area contributed by atoms with Gasteiger partial charge in [0.2, 0.25) is 0 Å². The van der Waals surface area contributed by atoms with Gasteiger partial charge in [-0.25, -0.2) is 14.2 Å². The zero-order valence-corrected chi connectivity index (χ0v) is 11.6. The van der Waals surface area contributed by atoms with E-state index < -0.39 is 11.8 Å². The number of fused-ring (bicyclic) bond motifs is 1. The number of pyridine rings is 1. The van der Waals surface area contributed by atoms with Gasteiger partial charge in [-0.05, 0) is 37.5 Å². The Morgan fingerprint density at radius 3 is 2.95 bits per heavy atom. The van der Waals surface area contributed by atoms with Crippen molar-refractivity contribution in [1.82, 2.24) is 4.98 Å². The van der Waals surface area contributed by atoms with Crippen LogP contribution in [-0.2, 0) is 6.42 Å². The first kappa shape index (κ1) is 13.5. The normalized spacial score (nSPS) is 13.9. The number of aromatic carboxylic acids is 1. The van der Waals surface area contributed by atoms with Crippen molar-refractivity contribution in [2.45, 2.75) is 19.8 Å². The van der Waals surface area contributed by atoms with Gasteiger partial charge in [0, 0.05) is 12.2 Å². The first-order valence-electron chi connectivity index (χ1n) is 6.82. The molecule has 0 bridgehead atoms. The highest BCUT2D eigenvalue weighted by atomic mass is 19.1. The van der Waals surface area contributed by atoms with E-state index in [-0.39, 0.29) is 5.56 Å². The number of halogens is 1. The Hall–Kier alpha value is -2.43. The van der Waals surface area contributed by atoms with Crippen molar-refractivity contribution in [2.24, 2.45) is 0 Å². The van der Waals surface area contributed by atoms with Crippen LogP contribution in [0.3, 0.4) is 0 Å². The number of aromatic nitrogens is 1. The number of carboxylic acid groups (broad SMARTS) is 1. The number of anilines is 2. The molecular weight excluding hydrogens is 271 g/mol. The molecule has 0 aliphatic carbocycles. The molecule has 1 aromatic carbocycles. The van der Waals surface area contributed by atoms with E-state index >= 15 is 0 Å². The number of rotatable bonds is 2. The lowest BCUT2D eigenvalue weighted by molar-refractivity contribution is 0.0696. The monoisotopic (exact) mass is 286 g/mol. The molecule has 0 amide bonds. The van der Waals surface area contributed by atoms with Crippen LogP contribution < -0.4 is 4.90 Å². The molecule has 108 valence electrons. The summed E-state index contributed by atoms with van der Waals surface area (Å²) in [6.45, 7) is 2.70. The van der Waals surface area contributed by atoms with E-state index in [1.807, 2.05) is 24.0 Å². The first-order chi connectivity index (χ1) is 10.1. The second-order valence-electron chi connectivity index (χ2n) is 5.22. The van der Waals surface area contributed by atoms with Gasteiger partial charge in [-0.3, -0.25) is 0 Å². The van der Waals surface area contributed by atoms with Gasteiger partial charge in [0.15, 0.2) is 0 Å². The van der Waals surface area contributed by atoms with Gasteiger partial charge >= 0.3 is 5.97 Å². The molecule has 1 N–H and O–H groups in total. The fourth-order valence-electron chi connectivity index (χ4n) is 2.75. The van der Waals surface area contributed by atoms with Crippen molar-refractivity contribution in [2.75, 3.05) is 11.4 Å². The Morgan fingerprint density at radius 1 is 1.38 bits per heavy atom. The molecule has 5 heteroatoms. The number of hydrogen-bond donors (Lipinski definition) is 1. The van der Waals surface area contributed by atoms with Gasteiger partial charge in [0.1, 0.15) is 17.2 Å². The molecule has 0 saturated heterocycles. The Morgan fingerprint density at radius 2 is 2.19 bits per heavy atom. The molecule has 3 rings (SSSR count). The summed E-state index contributed by atoms with van der Waals surface area (Å²) in [6.07, 6.45) is 2.93. The van der Waals surface area contributed by atoms with Crippen LogP contribution in [0.1, 0.15) is 27.9 Å². The van der Waals surface area contributed by atoms with Crippen LogP contribution in [-0.4, -0.2) is 22.6 Å². The van der Waals surface area contributed by atoms with Crippen LogP contribution in [0.25, 0.3) is 0 Å². The number of hydrogen-bond acceptors (Lipinski definition) is 3. The number of nitrogens with zero attached hydrogens (tertiary/aromatic N) is 2. The van der Waals surface area contributed by atoms with Crippen LogP contribution in [0, 0.1) is 12.7 Å². The molecule has 1 aliphatic rings. The maximum absolute atomic E-state index is 13.3. The molecule has 0 atom stereocenters. The lowest BCUT2D eigenvalue weighted by Gasteiger charge is -2.31. The van der Waals surface area contributed by atoms with Crippen molar-refractivity contribution in [3.05, 3.63) is 53.0 Å². The molecule has 4 nitrogen and oxygen atoms in total. The summed E-state index contributed by atoms with van der Waals surface area (Å²) < 4.78 is 13.3. The molecule has 0 saturated carbocycles. The quantitative estimate of drug-likeness (QED) is 0.920.